The van der Waals surface area contributed by atoms with E-state index in [1.165, 1.54) is 6.92 Å². The number of thiocarbonyl (C=S) groups is 1. The second kappa shape index (κ2) is 9.15. The van der Waals surface area contributed by atoms with E-state index in [-0.39, 0.29) is 5.78 Å². The van der Waals surface area contributed by atoms with Crippen LogP contribution in [-0.4, -0.2) is 30.5 Å². The smallest absolute Gasteiger partial charge is 0.164 e. The number of carbonyl (C=O) groups is 1. The molecule has 6 heteroatoms. The molecule has 0 aromatic heterocycles. The van der Waals surface area contributed by atoms with Gasteiger partial charge in [-0.15, -0.1) is 0 Å². The first kappa shape index (κ1) is 18.9. The Bertz CT molecular complexity index is 704. The maximum absolute atomic E-state index is 12.3. The van der Waals surface area contributed by atoms with Crippen LogP contribution in [0, 0.1) is 0 Å². The fourth-order valence-electron chi connectivity index (χ4n) is 2.35. The minimum absolute atomic E-state index is 0.108. The molecule has 0 aliphatic heterocycles. The third-order valence-corrected chi connectivity index (χ3v) is 3.83. The number of methoxy groups -OCH3 is 1. The highest BCUT2D eigenvalue weighted by atomic mass is 32.1. The Morgan fingerprint density at radius 1 is 1.16 bits per heavy atom. The Balaban J connectivity index is 2.24. The second-order valence-corrected chi connectivity index (χ2v) is 5.75. The van der Waals surface area contributed by atoms with Gasteiger partial charge in [-0.25, -0.2) is 5.06 Å². The minimum Gasteiger partial charge on any atom is -0.497 e. The molecule has 1 N–H and O–H groups in total. The molecule has 0 aliphatic carbocycles. The summed E-state index contributed by atoms with van der Waals surface area (Å²) in [6.45, 7) is 3.79. The van der Waals surface area contributed by atoms with Gasteiger partial charge in [0.1, 0.15) is 10.7 Å². The molecule has 5 nitrogen and oxygen atoms in total. The van der Waals surface area contributed by atoms with Gasteiger partial charge < -0.3 is 10.1 Å². The first-order valence-electron chi connectivity index (χ1n) is 7.99. The molecule has 0 radical (unpaired) electrons. The van der Waals surface area contributed by atoms with Crippen molar-refractivity contribution in [3.63, 3.8) is 0 Å². The molecule has 0 amide bonds. The molecule has 0 aliphatic rings. The van der Waals surface area contributed by atoms with E-state index in [0.717, 1.165) is 17.1 Å². The molecule has 25 heavy (non-hydrogen) atoms. The van der Waals surface area contributed by atoms with Gasteiger partial charge in [-0.05, 0) is 50.2 Å². The van der Waals surface area contributed by atoms with Crippen LogP contribution in [0.2, 0.25) is 0 Å². The van der Waals surface area contributed by atoms with Crippen molar-refractivity contribution < 1.29 is 14.4 Å². The molecule has 132 valence electrons. The summed E-state index contributed by atoms with van der Waals surface area (Å²) in [4.78, 5) is 18.4. The van der Waals surface area contributed by atoms with Crippen LogP contribution in [0.25, 0.3) is 0 Å². The van der Waals surface area contributed by atoms with Crippen molar-refractivity contribution in [2.75, 3.05) is 24.1 Å². The normalized spacial score (nSPS) is 11.5. The average Bonchev–Trinajstić information content (AvgIpc) is 2.62. The molecule has 2 rings (SSSR count). The molecule has 0 spiro atoms. The van der Waals surface area contributed by atoms with E-state index < -0.39 is 6.04 Å². The third-order valence-electron chi connectivity index (χ3n) is 3.50. The summed E-state index contributed by atoms with van der Waals surface area (Å²) in [6.07, 6.45) is 0. The van der Waals surface area contributed by atoms with Gasteiger partial charge in [-0.1, -0.05) is 30.4 Å². The van der Waals surface area contributed by atoms with Crippen LogP contribution in [-0.2, 0) is 9.63 Å². The summed E-state index contributed by atoms with van der Waals surface area (Å²) in [5, 5.41) is 4.67. The summed E-state index contributed by atoms with van der Waals surface area (Å²) >= 11 is 5.50. The molecular weight excluding hydrogens is 336 g/mol. The van der Waals surface area contributed by atoms with E-state index in [9.17, 15) is 4.79 Å². The van der Waals surface area contributed by atoms with Gasteiger partial charge in [-0.2, -0.15) is 0 Å². The fraction of sp³-hybridized carbons (Fsp3) is 0.263. The lowest BCUT2D eigenvalue weighted by molar-refractivity contribution is -0.118. The summed E-state index contributed by atoms with van der Waals surface area (Å²) in [5.41, 5.74) is 1.55. The van der Waals surface area contributed by atoms with Crippen molar-refractivity contribution in [3.05, 3.63) is 54.6 Å². The number of carbonyl (C=O) groups excluding carboxylic acids is 1. The fourth-order valence-corrected chi connectivity index (χ4v) is 2.73. The topological polar surface area (TPSA) is 50.8 Å². The summed E-state index contributed by atoms with van der Waals surface area (Å²) in [7, 11) is 1.61. The van der Waals surface area contributed by atoms with Gasteiger partial charge in [0.25, 0.3) is 0 Å². The quantitative estimate of drug-likeness (QED) is 0.571. The van der Waals surface area contributed by atoms with Gasteiger partial charge in [0.05, 0.1) is 19.4 Å². The van der Waals surface area contributed by atoms with E-state index >= 15 is 0 Å². The highest BCUT2D eigenvalue weighted by Gasteiger charge is 2.28. The Hall–Kier alpha value is -2.44. The number of rotatable bonds is 8. The highest BCUT2D eigenvalue weighted by molar-refractivity contribution is 7.80. The standard InChI is InChI=1S/C19H22N2O3S/c1-4-24-21(16-8-6-5-7-9-16)18(14(2)22)19(25)20-15-10-12-17(23-3)13-11-15/h5-13,18H,4H2,1-3H3,(H,20,25). The largest absolute Gasteiger partial charge is 0.497 e. The molecule has 0 saturated carbocycles. The maximum Gasteiger partial charge on any atom is 0.164 e. The first-order chi connectivity index (χ1) is 12.1. The van der Waals surface area contributed by atoms with Crippen molar-refractivity contribution in [1.82, 2.24) is 0 Å². The van der Waals surface area contributed by atoms with Crippen molar-refractivity contribution >= 4 is 34.4 Å². The Kier molecular flexibility index (Phi) is 6.91. The zero-order valence-corrected chi connectivity index (χ0v) is 15.4. The van der Waals surface area contributed by atoms with Crippen LogP contribution in [0.1, 0.15) is 13.8 Å². The number of para-hydroxylation sites is 1. The molecular formula is C19H22N2O3S. The predicted octanol–water partition coefficient (Wildman–Crippen LogP) is 3.85. The van der Waals surface area contributed by atoms with Crippen molar-refractivity contribution in [3.8, 4) is 5.75 Å². The Labute approximate surface area is 153 Å². The Morgan fingerprint density at radius 2 is 1.80 bits per heavy atom. The van der Waals surface area contributed by atoms with Gasteiger partial charge in [0.2, 0.25) is 0 Å². The lowest BCUT2D eigenvalue weighted by Crippen LogP contribution is -2.48. The van der Waals surface area contributed by atoms with Gasteiger partial charge in [-0.3, -0.25) is 9.63 Å². The number of anilines is 2. The number of hydrogen-bond donors (Lipinski definition) is 1. The van der Waals surface area contributed by atoms with Gasteiger partial charge in [0.15, 0.2) is 11.8 Å². The minimum atomic E-state index is -0.723. The summed E-state index contributed by atoms with van der Waals surface area (Å²) in [6, 6.07) is 16.0. The van der Waals surface area contributed by atoms with Crippen LogP contribution in [0.4, 0.5) is 11.4 Å². The van der Waals surface area contributed by atoms with Gasteiger partial charge >= 0.3 is 0 Å². The van der Waals surface area contributed by atoms with Crippen LogP contribution in [0.15, 0.2) is 54.6 Å². The summed E-state index contributed by atoms with van der Waals surface area (Å²) in [5.74, 6) is 0.642. The van der Waals surface area contributed by atoms with E-state index in [4.69, 9.17) is 21.8 Å². The second-order valence-electron chi connectivity index (χ2n) is 5.31. The number of nitrogens with zero attached hydrogens (tertiary/aromatic N) is 1. The van der Waals surface area contributed by atoms with Crippen LogP contribution in [0.3, 0.4) is 0 Å². The number of ether oxygens (including phenoxy) is 1. The number of benzene rings is 2. The molecule has 0 bridgehead atoms. The number of Topliss-reactive ketones (excluding diaryl/α,β-unsaturated/α-hetero) is 1. The van der Waals surface area contributed by atoms with E-state index in [2.05, 4.69) is 5.32 Å². The zero-order chi connectivity index (χ0) is 18.2. The van der Waals surface area contributed by atoms with Crippen molar-refractivity contribution in [1.29, 1.82) is 0 Å². The lowest BCUT2D eigenvalue weighted by atomic mass is 10.1. The van der Waals surface area contributed by atoms with Gasteiger partial charge in [0, 0.05) is 5.69 Å². The molecule has 0 heterocycles. The average molecular weight is 358 g/mol. The number of nitrogens with one attached hydrogen (secondary N) is 1. The maximum atomic E-state index is 12.3. The molecule has 2 aromatic rings. The molecule has 0 saturated heterocycles. The van der Waals surface area contributed by atoms with Crippen LogP contribution < -0.4 is 15.1 Å². The van der Waals surface area contributed by atoms with Crippen molar-refractivity contribution in [2.45, 2.75) is 19.9 Å². The molecule has 2 aromatic carbocycles. The lowest BCUT2D eigenvalue weighted by Gasteiger charge is -2.31. The first-order valence-corrected chi connectivity index (χ1v) is 8.40. The Morgan fingerprint density at radius 3 is 2.32 bits per heavy atom. The monoisotopic (exact) mass is 358 g/mol. The van der Waals surface area contributed by atoms with E-state index in [0.29, 0.717) is 11.6 Å². The SMILES string of the molecule is CCON(c1ccccc1)C(C(C)=O)C(=S)Nc1ccc(OC)cc1. The van der Waals surface area contributed by atoms with Crippen LogP contribution >= 0.6 is 12.2 Å². The van der Waals surface area contributed by atoms with Crippen LogP contribution in [0.5, 0.6) is 5.75 Å². The number of hydroxylamine groups is 1. The number of hydrogen-bond acceptors (Lipinski definition) is 5. The highest BCUT2D eigenvalue weighted by Crippen LogP contribution is 2.21. The third kappa shape index (κ3) is 5.01. The molecule has 1 atom stereocenters. The number of ketones is 1. The van der Waals surface area contributed by atoms with Crippen molar-refractivity contribution in [2.24, 2.45) is 0 Å². The molecule has 1 unspecified atom stereocenters. The van der Waals surface area contributed by atoms with E-state index in [1.54, 1.807) is 12.2 Å². The molecule has 0 fully saturated rings. The van der Waals surface area contributed by atoms with E-state index in [1.807, 2.05) is 61.5 Å². The zero-order valence-electron chi connectivity index (χ0n) is 14.6. The predicted molar refractivity (Wildman–Crippen MR) is 104 cm³/mol. The summed E-state index contributed by atoms with van der Waals surface area (Å²) < 4.78 is 5.14.